The molecule has 0 heterocycles. The maximum Gasteiger partial charge on any atom is 0.307 e. The Morgan fingerprint density at radius 1 is 1.58 bits per heavy atom. The second kappa shape index (κ2) is 4.01. The van der Waals surface area contributed by atoms with Gasteiger partial charge >= 0.3 is 5.97 Å². The minimum absolute atomic E-state index is 0. The van der Waals surface area contributed by atoms with Crippen molar-refractivity contribution in [2.45, 2.75) is 20.8 Å². The largest absolute Gasteiger partial charge is 0.503 e. The van der Waals surface area contributed by atoms with E-state index in [0.717, 1.165) is 0 Å². The van der Waals surface area contributed by atoms with Crippen molar-refractivity contribution in [2.75, 3.05) is 0 Å². The van der Waals surface area contributed by atoms with Gasteiger partial charge in [0.15, 0.2) is 0 Å². The molecule has 0 aliphatic heterocycles. The molecule has 3 heteroatoms. The van der Waals surface area contributed by atoms with Crippen molar-refractivity contribution in [3.63, 3.8) is 0 Å². The quantitative estimate of drug-likeness (QED) is 0.748. The average molecular weight is 242 g/mol. The third-order valence-corrected chi connectivity index (χ3v) is 2.52. The first-order valence-corrected chi connectivity index (χ1v) is 3.75. The molecule has 1 saturated carbocycles. The van der Waals surface area contributed by atoms with E-state index in [1.807, 2.05) is 19.9 Å². The number of carbonyl (C=O) groups is 1. The van der Waals surface area contributed by atoms with Crippen molar-refractivity contribution < 1.29 is 42.6 Å². The monoisotopic (exact) mass is 242 g/mol. The summed E-state index contributed by atoms with van der Waals surface area (Å²) in [4.78, 5) is 10.6. The molecule has 0 amide bonds. The third-order valence-electron chi connectivity index (χ3n) is 2.52. The fourth-order valence-electron chi connectivity index (χ4n) is 1.64. The minimum atomic E-state index is -0.688. The summed E-state index contributed by atoms with van der Waals surface area (Å²) in [5.74, 6) is -0.702. The molecule has 1 N–H and O–H groups in total. The van der Waals surface area contributed by atoms with Crippen molar-refractivity contribution in [1.82, 2.24) is 0 Å². The molecule has 1 rings (SSSR count). The number of rotatable bonds is 2. The van der Waals surface area contributed by atoms with Crippen LogP contribution in [-0.4, -0.2) is 11.1 Å². The smallest absolute Gasteiger partial charge is 0.307 e. The van der Waals surface area contributed by atoms with Gasteiger partial charge in [-0.05, 0) is 11.3 Å². The van der Waals surface area contributed by atoms with E-state index in [1.54, 1.807) is 6.92 Å². The zero-order valence-electron chi connectivity index (χ0n) is 7.66. The Morgan fingerprint density at radius 2 is 2.08 bits per heavy atom. The number of hydrogen-bond donors (Lipinski definition) is 1. The number of carboxylic acids is 1. The van der Waals surface area contributed by atoms with Crippen LogP contribution in [0.3, 0.4) is 0 Å². The fraction of sp³-hybridized carbons (Fsp3) is 0.667. The van der Waals surface area contributed by atoms with E-state index < -0.39 is 5.97 Å². The Kier molecular flexibility index (Phi) is 4.12. The molecule has 1 aliphatic carbocycles. The minimum Gasteiger partial charge on any atom is -0.503 e. The molecule has 0 aromatic rings. The number of allylic oxidation sites excluding steroid dienone is 2. The van der Waals surface area contributed by atoms with Crippen LogP contribution in [0.5, 0.6) is 0 Å². The Morgan fingerprint density at radius 3 is 2.33 bits per heavy atom. The first kappa shape index (κ1) is 12.3. The fourth-order valence-corrected chi connectivity index (χ4v) is 1.64. The SMILES string of the molecule is C[C-]=CC1C(C(=O)O)C1(C)C.[Y]. The van der Waals surface area contributed by atoms with Crippen molar-refractivity contribution in [2.24, 2.45) is 17.3 Å². The second-order valence-corrected chi connectivity index (χ2v) is 3.62. The van der Waals surface area contributed by atoms with E-state index in [4.69, 9.17) is 5.11 Å². The van der Waals surface area contributed by atoms with Gasteiger partial charge in [-0.2, -0.15) is 6.92 Å². The van der Waals surface area contributed by atoms with Crippen LogP contribution in [0.1, 0.15) is 20.8 Å². The topological polar surface area (TPSA) is 37.3 Å². The van der Waals surface area contributed by atoms with Crippen LogP contribution in [0, 0.1) is 23.3 Å². The summed E-state index contributed by atoms with van der Waals surface area (Å²) in [5, 5.41) is 8.74. The van der Waals surface area contributed by atoms with E-state index in [2.05, 4.69) is 6.08 Å². The van der Waals surface area contributed by atoms with Gasteiger partial charge in [-0.25, -0.2) is 0 Å². The number of hydrogen-bond acceptors (Lipinski definition) is 1. The van der Waals surface area contributed by atoms with Crippen LogP contribution < -0.4 is 0 Å². The van der Waals surface area contributed by atoms with Crippen LogP contribution in [0.25, 0.3) is 0 Å². The van der Waals surface area contributed by atoms with E-state index in [1.165, 1.54) is 0 Å². The van der Waals surface area contributed by atoms with E-state index >= 15 is 0 Å². The molecule has 1 radical (unpaired) electrons. The van der Waals surface area contributed by atoms with E-state index in [0.29, 0.717) is 0 Å². The van der Waals surface area contributed by atoms with Gasteiger partial charge in [0.25, 0.3) is 0 Å². The van der Waals surface area contributed by atoms with Crippen molar-refractivity contribution in [1.29, 1.82) is 0 Å². The van der Waals surface area contributed by atoms with Crippen molar-refractivity contribution >= 4 is 5.97 Å². The Hall–Kier alpha value is 0.314. The molecule has 12 heavy (non-hydrogen) atoms. The first-order chi connectivity index (χ1) is 5.01. The summed E-state index contributed by atoms with van der Waals surface area (Å²) in [5.41, 5.74) is -0.0607. The van der Waals surface area contributed by atoms with Crippen LogP contribution in [0.2, 0.25) is 0 Å². The summed E-state index contributed by atoms with van der Waals surface area (Å²) < 4.78 is 0. The maximum absolute atomic E-state index is 10.6. The van der Waals surface area contributed by atoms with Crippen LogP contribution in [0.15, 0.2) is 6.08 Å². The number of aliphatic carboxylic acids is 1. The molecular weight excluding hydrogens is 229 g/mol. The van der Waals surface area contributed by atoms with Gasteiger partial charge < -0.3 is 11.2 Å². The number of carboxylic acid groups (broad SMARTS) is 1. The van der Waals surface area contributed by atoms with Gasteiger partial charge in [0, 0.05) is 32.7 Å². The summed E-state index contributed by atoms with van der Waals surface area (Å²) in [6.07, 6.45) is 4.74. The molecule has 0 saturated heterocycles. The molecule has 0 spiro atoms. The van der Waals surface area contributed by atoms with Gasteiger partial charge in [0.1, 0.15) is 0 Å². The summed E-state index contributed by atoms with van der Waals surface area (Å²) in [6, 6.07) is 0. The van der Waals surface area contributed by atoms with Gasteiger partial charge in [-0.3, -0.25) is 10.9 Å². The van der Waals surface area contributed by atoms with E-state index in [-0.39, 0.29) is 50.0 Å². The normalized spacial score (nSPS) is 31.2. The average Bonchev–Trinajstić information content (AvgIpc) is 2.35. The van der Waals surface area contributed by atoms with E-state index in [9.17, 15) is 4.79 Å². The van der Waals surface area contributed by atoms with Crippen LogP contribution >= 0.6 is 0 Å². The van der Waals surface area contributed by atoms with Crippen molar-refractivity contribution in [3.05, 3.63) is 12.2 Å². The van der Waals surface area contributed by atoms with Gasteiger partial charge in [0.05, 0.1) is 5.92 Å². The van der Waals surface area contributed by atoms with Crippen LogP contribution in [0.4, 0.5) is 0 Å². The molecule has 1 aliphatic rings. The molecule has 2 nitrogen and oxygen atoms in total. The summed E-state index contributed by atoms with van der Waals surface area (Å²) in [7, 11) is 0. The summed E-state index contributed by atoms with van der Waals surface area (Å²) in [6.45, 7) is 5.75. The molecular formula is C9H13O2Y-. The second-order valence-electron chi connectivity index (χ2n) is 3.62. The Labute approximate surface area is 98.3 Å². The van der Waals surface area contributed by atoms with Crippen molar-refractivity contribution in [3.8, 4) is 0 Å². The first-order valence-electron chi connectivity index (χ1n) is 3.75. The molecule has 0 aromatic heterocycles. The Bertz CT molecular complexity index is 209. The zero-order valence-corrected chi connectivity index (χ0v) is 10.5. The molecule has 1 fully saturated rings. The molecule has 2 atom stereocenters. The molecule has 65 valence electrons. The third kappa shape index (κ3) is 1.97. The van der Waals surface area contributed by atoms with Gasteiger partial charge in [0.2, 0.25) is 0 Å². The van der Waals surface area contributed by atoms with Gasteiger partial charge in [-0.15, -0.1) is 0 Å². The Balaban J connectivity index is 0.00000121. The predicted molar refractivity (Wildman–Crippen MR) is 41.9 cm³/mol. The standard InChI is InChI=1S/C9H13O2.Y/c1-4-5-6-7(8(10)11)9(6,2)3;/h5-7H,1-3H3,(H,10,11);/q-1;. The summed E-state index contributed by atoms with van der Waals surface area (Å²) >= 11 is 0. The van der Waals surface area contributed by atoms with Gasteiger partial charge in [-0.1, -0.05) is 13.8 Å². The molecule has 2 unspecified atom stereocenters. The maximum atomic E-state index is 10.6. The molecule has 0 bridgehead atoms. The predicted octanol–water partition coefficient (Wildman–Crippen LogP) is 1.72. The van der Waals surface area contributed by atoms with Crippen LogP contribution in [-0.2, 0) is 37.5 Å². The molecule has 0 aromatic carbocycles. The zero-order chi connectivity index (χ0) is 8.65.